The molecular weight excluding hydrogens is 308 g/mol. The Morgan fingerprint density at radius 3 is 2.63 bits per heavy atom. The SMILES string of the molecule is CC(C)CNC(=O)CN(C)C(=O)c1cccc(Br)c1. The zero-order chi connectivity index (χ0) is 14.4. The fourth-order valence-electron chi connectivity index (χ4n) is 1.50. The molecule has 1 N–H and O–H groups in total. The number of carbonyl (C=O) groups is 2. The first kappa shape index (κ1) is 15.7. The zero-order valence-electron chi connectivity index (χ0n) is 11.4. The first-order chi connectivity index (χ1) is 8.90. The van der Waals surface area contributed by atoms with E-state index in [2.05, 4.69) is 21.2 Å². The summed E-state index contributed by atoms with van der Waals surface area (Å²) in [5.74, 6) is 0.0931. The molecule has 0 fully saturated rings. The number of rotatable bonds is 5. The number of nitrogens with one attached hydrogen (secondary N) is 1. The number of halogens is 1. The van der Waals surface area contributed by atoms with Crippen LogP contribution in [0.5, 0.6) is 0 Å². The van der Waals surface area contributed by atoms with Gasteiger partial charge >= 0.3 is 0 Å². The van der Waals surface area contributed by atoms with Gasteiger partial charge in [0.15, 0.2) is 0 Å². The van der Waals surface area contributed by atoms with Gasteiger partial charge in [-0.1, -0.05) is 35.8 Å². The van der Waals surface area contributed by atoms with Crippen LogP contribution >= 0.6 is 15.9 Å². The van der Waals surface area contributed by atoms with Crippen LogP contribution in [0.2, 0.25) is 0 Å². The van der Waals surface area contributed by atoms with Gasteiger partial charge in [0, 0.05) is 23.6 Å². The lowest BCUT2D eigenvalue weighted by Crippen LogP contribution is -2.39. The highest BCUT2D eigenvalue weighted by Crippen LogP contribution is 2.12. The number of hydrogen-bond acceptors (Lipinski definition) is 2. The van der Waals surface area contributed by atoms with Gasteiger partial charge in [-0.3, -0.25) is 9.59 Å². The Kier molecular flexibility index (Phi) is 6.02. The molecule has 0 bridgehead atoms. The number of nitrogens with zero attached hydrogens (tertiary/aromatic N) is 1. The van der Waals surface area contributed by atoms with Gasteiger partial charge in [0.1, 0.15) is 0 Å². The van der Waals surface area contributed by atoms with Crippen molar-refractivity contribution in [2.75, 3.05) is 20.1 Å². The molecule has 4 nitrogen and oxygen atoms in total. The number of likely N-dealkylation sites (N-methyl/N-ethyl adjacent to an activating group) is 1. The average Bonchev–Trinajstić information content (AvgIpc) is 2.35. The lowest BCUT2D eigenvalue weighted by Gasteiger charge is -2.17. The molecule has 0 aliphatic rings. The minimum absolute atomic E-state index is 0.0675. The smallest absolute Gasteiger partial charge is 0.254 e. The Labute approximate surface area is 122 Å². The average molecular weight is 327 g/mol. The molecule has 1 aromatic rings. The quantitative estimate of drug-likeness (QED) is 0.902. The minimum Gasteiger partial charge on any atom is -0.354 e. The van der Waals surface area contributed by atoms with E-state index in [4.69, 9.17) is 0 Å². The van der Waals surface area contributed by atoms with Gasteiger partial charge < -0.3 is 10.2 Å². The van der Waals surface area contributed by atoms with Crippen LogP contribution in [-0.2, 0) is 4.79 Å². The van der Waals surface area contributed by atoms with E-state index < -0.39 is 0 Å². The van der Waals surface area contributed by atoms with Gasteiger partial charge in [0.05, 0.1) is 6.54 Å². The van der Waals surface area contributed by atoms with Crippen molar-refractivity contribution in [3.8, 4) is 0 Å². The summed E-state index contributed by atoms with van der Waals surface area (Å²) in [7, 11) is 1.62. The zero-order valence-corrected chi connectivity index (χ0v) is 13.0. The van der Waals surface area contributed by atoms with E-state index in [0.29, 0.717) is 18.0 Å². The van der Waals surface area contributed by atoms with Crippen molar-refractivity contribution >= 4 is 27.7 Å². The molecular formula is C14H19BrN2O2. The normalized spacial score (nSPS) is 10.4. The highest BCUT2D eigenvalue weighted by Gasteiger charge is 2.15. The second-order valence-corrected chi connectivity index (χ2v) is 5.79. The molecule has 0 atom stereocenters. The third-order valence-corrected chi connectivity index (χ3v) is 3.00. The van der Waals surface area contributed by atoms with Crippen molar-refractivity contribution in [1.29, 1.82) is 0 Å². The van der Waals surface area contributed by atoms with Crippen molar-refractivity contribution in [1.82, 2.24) is 10.2 Å². The summed E-state index contributed by atoms with van der Waals surface area (Å²) < 4.78 is 0.844. The van der Waals surface area contributed by atoms with Crippen molar-refractivity contribution in [2.24, 2.45) is 5.92 Å². The van der Waals surface area contributed by atoms with Crippen LogP contribution in [0.15, 0.2) is 28.7 Å². The number of carbonyl (C=O) groups excluding carboxylic acids is 2. The summed E-state index contributed by atoms with van der Waals surface area (Å²) in [5, 5.41) is 2.79. The van der Waals surface area contributed by atoms with Crippen LogP contribution in [0.1, 0.15) is 24.2 Å². The topological polar surface area (TPSA) is 49.4 Å². The van der Waals surface area contributed by atoms with Crippen LogP contribution in [-0.4, -0.2) is 36.9 Å². The molecule has 0 radical (unpaired) electrons. The van der Waals surface area contributed by atoms with E-state index in [1.165, 1.54) is 4.90 Å². The van der Waals surface area contributed by atoms with Gasteiger partial charge in [0.25, 0.3) is 5.91 Å². The number of amides is 2. The van der Waals surface area contributed by atoms with Crippen molar-refractivity contribution < 1.29 is 9.59 Å². The molecule has 0 unspecified atom stereocenters. The lowest BCUT2D eigenvalue weighted by atomic mass is 10.2. The Balaban J connectivity index is 2.55. The molecule has 0 heterocycles. The molecule has 0 aliphatic heterocycles. The molecule has 104 valence electrons. The monoisotopic (exact) mass is 326 g/mol. The largest absolute Gasteiger partial charge is 0.354 e. The summed E-state index contributed by atoms with van der Waals surface area (Å²) in [6.45, 7) is 4.74. The third-order valence-electron chi connectivity index (χ3n) is 2.51. The van der Waals surface area contributed by atoms with E-state index in [1.54, 1.807) is 25.2 Å². The molecule has 5 heteroatoms. The molecule has 0 saturated carbocycles. The predicted octanol–water partition coefficient (Wildman–Crippen LogP) is 2.29. The molecule has 0 aromatic heterocycles. The maximum Gasteiger partial charge on any atom is 0.254 e. The number of hydrogen-bond donors (Lipinski definition) is 1. The summed E-state index contributed by atoms with van der Waals surface area (Å²) in [6.07, 6.45) is 0. The van der Waals surface area contributed by atoms with Crippen molar-refractivity contribution in [3.63, 3.8) is 0 Å². The third kappa shape index (κ3) is 5.42. The number of benzene rings is 1. The summed E-state index contributed by atoms with van der Waals surface area (Å²) in [5.41, 5.74) is 0.563. The van der Waals surface area contributed by atoms with Crippen molar-refractivity contribution in [2.45, 2.75) is 13.8 Å². The molecule has 0 spiro atoms. The summed E-state index contributed by atoms with van der Waals surface area (Å²) in [6, 6.07) is 7.12. The first-order valence-corrected chi connectivity index (χ1v) is 6.97. The van der Waals surface area contributed by atoms with Crippen LogP contribution in [0, 0.1) is 5.92 Å². The van der Waals surface area contributed by atoms with Gasteiger partial charge in [-0.05, 0) is 24.1 Å². The van der Waals surface area contributed by atoms with E-state index in [-0.39, 0.29) is 18.4 Å². The maximum atomic E-state index is 12.1. The Morgan fingerprint density at radius 1 is 1.37 bits per heavy atom. The molecule has 1 aromatic carbocycles. The summed E-state index contributed by atoms with van der Waals surface area (Å²) in [4.78, 5) is 25.2. The van der Waals surface area contributed by atoms with Gasteiger partial charge in [0.2, 0.25) is 5.91 Å². The molecule has 0 saturated heterocycles. The maximum absolute atomic E-state index is 12.1. The highest BCUT2D eigenvalue weighted by atomic mass is 79.9. The second-order valence-electron chi connectivity index (χ2n) is 4.87. The summed E-state index contributed by atoms with van der Waals surface area (Å²) >= 11 is 3.32. The molecule has 2 amide bonds. The fraction of sp³-hybridized carbons (Fsp3) is 0.429. The van der Waals surface area contributed by atoms with E-state index >= 15 is 0 Å². The van der Waals surface area contributed by atoms with Gasteiger partial charge in [-0.15, -0.1) is 0 Å². The van der Waals surface area contributed by atoms with E-state index in [1.807, 2.05) is 19.9 Å². The van der Waals surface area contributed by atoms with Crippen LogP contribution in [0.3, 0.4) is 0 Å². The molecule has 0 aliphatic carbocycles. The van der Waals surface area contributed by atoms with Crippen molar-refractivity contribution in [3.05, 3.63) is 34.3 Å². The Bertz CT molecular complexity index is 461. The highest BCUT2D eigenvalue weighted by molar-refractivity contribution is 9.10. The minimum atomic E-state index is -0.166. The fourth-order valence-corrected chi connectivity index (χ4v) is 1.90. The van der Waals surface area contributed by atoms with Gasteiger partial charge in [-0.25, -0.2) is 0 Å². The van der Waals surface area contributed by atoms with E-state index in [9.17, 15) is 9.59 Å². The molecule has 1 rings (SSSR count). The molecule has 19 heavy (non-hydrogen) atoms. The van der Waals surface area contributed by atoms with E-state index in [0.717, 1.165) is 4.47 Å². The lowest BCUT2D eigenvalue weighted by molar-refractivity contribution is -0.121. The van der Waals surface area contributed by atoms with Gasteiger partial charge in [-0.2, -0.15) is 0 Å². The standard InChI is InChI=1S/C14H19BrN2O2/c1-10(2)8-16-13(18)9-17(3)14(19)11-5-4-6-12(15)7-11/h4-7,10H,8-9H2,1-3H3,(H,16,18). The van der Waals surface area contributed by atoms with Crippen LogP contribution in [0.4, 0.5) is 0 Å². The Morgan fingerprint density at radius 2 is 2.05 bits per heavy atom. The first-order valence-electron chi connectivity index (χ1n) is 6.18. The Hall–Kier alpha value is -1.36. The predicted molar refractivity (Wildman–Crippen MR) is 79.0 cm³/mol. The van der Waals surface area contributed by atoms with Crippen LogP contribution in [0.25, 0.3) is 0 Å². The second kappa shape index (κ2) is 7.28. The van der Waals surface area contributed by atoms with Crippen LogP contribution < -0.4 is 5.32 Å².